The largest absolute Gasteiger partial charge is 0.343 e. The third-order valence-corrected chi connectivity index (χ3v) is 7.82. The van der Waals surface area contributed by atoms with Crippen molar-refractivity contribution >= 4 is 17.7 Å². The second kappa shape index (κ2) is 6.24. The molecule has 26 heavy (non-hydrogen) atoms. The van der Waals surface area contributed by atoms with E-state index in [2.05, 4.69) is 4.90 Å². The van der Waals surface area contributed by atoms with Crippen LogP contribution in [0, 0.1) is 16.7 Å². The third-order valence-electron chi connectivity index (χ3n) is 7.82. The number of hydrogen-bond donors (Lipinski definition) is 0. The summed E-state index contributed by atoms with van der Waals surface area (Å²) in [5, 5.41) is 0. The third kappa shape index (κ3) is 2.55. The number of carbonyl (C=O) groups is 3. The molecule has 4 rings (SSSR count). The predicted molar refractivity (Wildman–Crippen MR) is 97.1 cm³/mol. The van der Waals surface area contributed by atoms with Gasteiger partial charge in [-0.1, -0.05) is 0 Å². The highest BCUT2D eigenvalue weighted by molar-refractivity contribution is 5.86. The Morgan fingerprint density at radius 3 is 1.96 bits per heavy atom. The van der Waals surface area contributed by atoms with E-state index in [1.165, 1.54) is 0 Å². The van der Waals surface area contributed by atoms with Crippen LogP contribution in [0.1, 0.15) is 52.4 Å². The second-order valence-corrected chi connectivity index (χ2v) is 8.98. The fourth-order valence-corrected chi connectivity index (χ4v) is 6.25. The van der Waals surface area contributed by atoms with Crippen LogP contribution in [-0.2, 0) is 14.4 Å². The van der Waals surface area contributed by atoms with Gasteiger partial charge in [-0.15, -0.1) is 0 Å². The number of piperidine rings is 1. The molecule has 3 heterocycles. The summed E-state index contributed by atoms with van der Waals surface area (Å²) < 4.78 is 0. The van der Waals surface area contributed by atoms with E-state index in [4.69, 9.17) is 0 Å². The number of fused-ring (bicyclic) bond motifs is 2. The fourth-order valence-electron chi connectivity index (χ4n) is 6.25. The molecule has 1 spiro atoms. The van der Waals surface area contributed by atoms with Crippen LogP contribution in [0.25, 0.3) is 0 Å². The molecule has 6 heteroatoms. The molecule has 4 fully saturated rings. The van der Waals surface area contributed by atoms with Gasteiger partial charge in [0.05, 0.1) is 5.41 Å². The number of rotatable bonds is 1. The van der Waals surface area contributed by atoms with Crippen LogP contribution >= 0.6 is 0 Å². The highest BCUT2D eigenvalue weighted by Crippen LogP contribution is 2.62. The molecule has 6 nitrogen and oxygen atoms in total. The first-order valence-corrected chi connectivity index (χ1v) is 10.2. The summed E-state index contributed by atoms with van der Waals surface area (Å²) in [6.07, 6.45) is 6.10. The van der Waals surface area contributed by atoms with Crippen molar-refractivity contribution in [3.05, 3.63) is 0 Å². The van der Waals surface area contributed by atoms with Gasteiger partial charge in [-0.25, -0.2) is 0 Å². The monoisotopic (exact) mass is 361 g/mol. The van der Waals surface area contributed by atoms with E-state index in [0.29, 0.717) is 12.5 Å². The first-order chi connectivity index (χ1) is 12.4. The van der Waals surface area contributed by atoms with Crippen LogP contribution in [0.5, 0.6) is 0 Å². The molecule has 0 bridgehead atoms. The van der Waals surface area contributed by atoms with Crippen LogP contribution in [0.3, 0.4) is 0 Å². The van der Waals surface area contributed by atoms with Crippen molar-refractivity contribution in [2.45, 2.75) is 52.4 Å². The van der Waals surface area contributed by atoms with E-state index in [9.17, 15) is 14.4 Å². The Labute approximate surface area is 155 Å². The Balaban J connectivity index is 1.61. The van der Waals surface area contributed by atoms with Gasteiger partial charge in [0.1, 0.15) is 0 Å². The van der Waals surface area contributed by atoms with Gasteiger partial charge >= 0.3 is 0 Å². The molecular formula is C20H31N3O3. The van der Waals surface area contributed by atoms with Gasteiger partial charge in [0.15, 0.2) is 0 Å². The van der Waals surface area contributed by atoms with Crippen molar-refractivity contribution in [1.29, 1.82) is 0 Å². The number of carbonyl (C=O) groups excluding carboxylic acids is 3. The van der Waals surface area contributed by atoms with Gasteiger partial charge in [0, 0.05) is 53.1 Å². The molecule has 0 N–H and O–H groups in total. The molecule has 4 aliphatic rings. The smallest absolute Gasteiger partial charge is 0.230 e. The van der Waals surface area contributed by atoms with E-state index in [-0.39, 0.29) is 28.6 Å². The lowest BCUT2D eigenvalue weighted by Crippen LogP contribution is -2.50. The summed E-state index contributed by atoms with van der Waals surface area (Å²) >= 11 is 0. The number of likely N-dealkylation sites (tertiary alicyclic amines) is 3. The summed E-state index contributed by atoms with van der Waals surface area (Å²) in [5.41, 5.74) is -0.264. The summed E-state index contributed by atoms with van der Waals surface area (Å²) in [6.45, 7) is 7.91. The van der Waals surface area contributed by atoms with Gasteiger partial charge in [-0.05, 0) is 49.9 Å². The molecule has 0 radical (unpaired) electrons. The molecule has 1 saturated carbocycles. The summed E-state index contributed by atoms with van der Waals surface area (Å²) in [6, 6.07) is 0. The van der Waals surface area contributed by atoms with Crippen LogP contribution in [0.4, 0.5) is 0 Å². The van der Waals surface area contributed by atoms with Gasteiger partial charge < -0.3 is 14.7 Å². The lowest BCUT2D eigenvalue weighted by molar-refractivity contribution is -0.143. The van der Waals surface area contributed by atoms with Crippen molar-refractivity contribution in [2.24, 2.45) is 16.7 Å². The fraction of sp³-hybridized carbons (Fsp3) is 0.850. The molecule has 0 aromatic carbocycles. The Kier molecular flexibility index (Phi) is 4.27. The van der Waals surface area contributed by atoms with E-state index < -0.39 is 0 Å². The van der Waals surface area contributed by atoms with Crippen LogP contribution in [-0.4, -0.2) is 71.7 Å². The maximum absolute atomic E-state index is 13.5. The first kappa shape index (κ1) is 17.8. The minimum Gasteiger partial charge on any atom is -0.343 e. The number of nitrogens with zero attached hydrogens (tertiary/aromatic N) is 3. The molecular weight excluding hydrogens is 330 g/mol. The topological polar surface area (TPSA) is 60.9 Å². The van der Waals surface area contributed by atoms with Crippen molar-refractivity contribution in [3.63, 3.8) is 0 Å². The molecule has 0 aromatic heterocycles. The van der Waals surface area contributed by atoms with Crippen LogP contribution in [0.15, 0.2) is 0 Å². The maximum atomic E-state index is 13.5. The first-order valence-electron chi connectivity index (χ1n) is 10.2. The van der Waals surface area contributed by atoms with Crippen LogP contribution in [0.2, 0.25) is 0 Å². The standard InChI is InChI=1S/C20H31N3O3/c1-15(24)21-11-7-19(8-12-21)5-6-20(18(26)22-9-3-4-10-22)14-23(16(2)25)13-17(19)20/h17H,3-14H2,1-2H3/t17-,20+/m1/s1. The van der Waals surface area contributed by atoms with Crippen molar-refractivity contribution in [1.82, 2.24) is 14.7 Å². The average Bonchev–Trinajstić information content (AvgIpc) is 3.32. The summed E-state index contributed by atoms with van der Waals surface area (Å²) in [7, 11) is 0. The van der Waals surface area contributed by atoms with Crippen molar-refractivity contribution < 1.29 is 14.4 Å². The van der Waals surface area contributed by atoms with Crippen molar-refractivity contribution in [2.75, 3.05) is 39.3 Å². The Morgan fingerprint density at radius 2 is 1.38 bits per heavy atom. The van der Waals surface area contributed by atoms with Crippen LogP contribution < -0.4 is 0 Å². The number of amides is 3. The average molecular weight is 361 g/mol. The van der Waals surface area contributed by atoms with E-state index in [0.717, 1.165) is 71.2 Å². The van der Waals surface area contributed by atoms with Crippen molar-refractivity contribution in [3.8, 4) is 0 Å². The molecule has 2 atom stereocenters. The molecule has 3 amide bonds. The highest BCUT2D eigenvalue weighted by atomic mass is 16.2. The zero-order valence-electron chi connectivity index (χ0n) is 16.1. The Morgan fingerprint density at radius 1 is 0.769 bits per heavy atom. The maximum Gasteiger partial charge on any atom is 0.230 e. The zero-order chi connectivity index (χ0) is 18.5. The second-order valence-electron chi connectivity index (χ2n) is 8.98. The minimum absolute atomic E-state index is 0.0873. The number of hydrogen-bond acceptors (Lipinski definition) is 3. The SMILES string of the molecule is CC(=O)N1CCC2(CC1)CC[C@]1(C(=O)N3CCCC3)CN(C(C)=O)C[C@H]21. The van der Waals surface area contributed by atoms with Gasteiger partial charge in [-0.2, -0.15) is 0 Å². The summed E-state index contributed by atoms with van der Waals surface area (Å²) in [4.78, 5) is 43.3. The van der Waals surface area contributed by atoms with Gasteiger partial charge in [-0.3, -0.25) is 14.4 Å². The Bertz CT molecular complexity index is 620. The Hall–Kier alpha value is -1.59. The van der Waals surface area contributed by atoms with E-state index in [1.54, 1.807) is 13.8 Å². The van der Waals surface area contributed by atoms with Gasteiger partial charge in [0.25, 0.3) is 0 Å². The normalized spacial score (nSPS) is 33.0. The van der Waals surface area contributed by atoms with Gasteiger partial charge in [0.2, 0.25) is 17.7 Å². The quantitative estimate of drug-likeness (QED) is 0.711. The predicted octanol–water partition coefficient (Wildman–Crippen LogP) is 1.50. The highest BCUT2D eigenvalue weighted by Gasteiger charge is 2.65. The lowest BCUT2D eigenvalue weighted by Gasteiger charge is -2.44. The summed E-state index contributed by atoms with van der Waals surface area (Å²) in [5.74, 6) is 0.786. The van der Waals surface area contributed by atoms with E-state index >= 15 is 0 Å². The molecule has 0 unspecified atom stereocenters. The zero-order valence-corrected chi connectivity index (χ0v) is 16.1. The molecule has 0 aromatic rings. The molecule has 1 aliphatic carbocycles. The lowest BCUT2D eigenvalue weighted by atomic mass is 9.65. The molecule has 3 aliphatic heterocycles. The molecule has 144 valence electrons. The molecule has 3 saturated heterocycles. The minimum atomic E-state index is -0.381. The van der Waals surface area contributed by atoms with E-state index in [1.807, 2.05) is 9.80 Å².